The summed E-state index contributed by atoms with van der Waals surface area (Å²) in [5.74, 6) is 0.782. The molecule has 3 unspecified atom stereocenters. The topological polar surface area (TPSA) is 28.2 Å². The molecule has 114 valence electrons. The Labute approximate surface area is 127 Å². The number of piperidine rings is 1. The van der Waals surface area contributed by atoms with Crippen molar-refractivity contribution in [2.24, 2.45) is 5.92 Å². The van der Waals surface area contributed by atoms with Crippen molar-refractivity contribution in [3.05, 3.63) is 16.6 Å². The van der Waals surface area contributed by atoms with Crippen LogP contribution in [-0.2, 0) is 0 Å². The average molecular weight is 295 g/mol. The third-order valence-electron chi connectivity index (χ3n) is 4.41. The van der Waals surface area contributed by atoms with E-state index in [2.05, 4.69) is 41.4 Å². The summed E-state index contributed by atoms with van der Waals surface area (Å²) in [5.41, 5.74) is 0. The summed E-state index contributed by atoms with van der Waals surface area (Å²) in [6.45, 7) is 10.7. The quantitative estimate of drug-likeness (QED) is 0.831. The van der Waals surface area contributed by atoms with Gasteiger partial charge >= 0.3 is 0 Å². The number of likely N-dealkylation sites (tertiary alicyclic amines) is 1. The number of aromatic nitrogens is 1. The molecular weight excluding hydrogens is 266 g/mol. The lowest BCUT2D eigenvalue weighted by molar-refractivity contribution is 0.146. The van der Waals surface area contributed by atoms with Crippen LogP contribution in [0, 0.1) is 5.92 Å². The van der Waals surface area contributed by atoms with Crippen LogP contribution in [0.3, 0.4) is 0 Å². The van der Waals surface area contributed by atoms with Gasteiger partial charge in [-0.3, -0.25) is 0 Å². The van der Waals surface area contributed by atoms with Crippen LogP contribution >= 0.6 is 11.3 Å². The Balaban J connectivity index is 1.88. The van der Waals surface area contributed by atoms with E-state index in [0.29, 0.717) is 12.1 Å². The summed E-state index contributed by atoms with van der Waals surface area (Å²) in [4.78, 5) is 7.11. The van der Waals surface area contributed by atoms with Crippen molar-refractivity contribution >= 4 is 11.3 Å². The van der Waals surface area contributed by atoms with E-state index >= 15 is 0 Å². The highest BCUT2D eigenvalue weighted by Gasteiger charge is 2.26. The Morgan fingerprint density at radius 1 is 1.50 bits per heavy atom. The van der Waals surface area contributed by atoms with Gasteiger partial charge in [-0.2, -0.15) is 0 Å². The van der Waals surface area contributed by atoms with Crippen molar-refractivity contribution < 1.29 is 0 Å². The van der Waals surface area contributed by atoms with E-state index < -0.39 is 0 Å². The van der Waals surface area contributed by atoms with Crippen molar-refractivity contribution in [2.45, 2.75) is 58.5 Å². The Hall–Kier alpha value is -0.450. The van der Waals surface area contributed by atoms with Crippen LogP contribution in [0.5, 0.6) is 0 Å². The van der Waals surface area contributed by atoms with Crippen LogP contribution in [-0.4, -0.2) is 35.6 Å². The van der Waals surface area contributed by atoms with Crippen LogP contribution in [0.1, 0.15) is 57.5 Å². The van der Waals surface area contributed by atoms with E-state index in [1.54, 1.807) is 11.3 Å². The molecule has 4 heteroatoms. The zero-order chi connectivity index (χ0) is 14.4. The van der Waals surface area contributed by atoms with Crippen molar-refractivity contribution in [1.29, 1.82) is 0 Å². The molecule has 0 bridgehead atoms. The van der Waals surface area contributed by atoms with Gasteiger partial charge in [0.15, 0.2) is 0 Å². The van der Waals surface area contributed by atoms with Gasteiger partial charge in [-0.05, 0) is 51.6 Å². The largest absolute Gasteiger partial charge is 0.305 e. The maximum atomic E-state index is 4.48. The van der Waals surface area contributed by atoms with Crippen LogP contribution in [0.2, 0.25) is 0 Å². The van der Waals surface area contributed by atoms with E-state index in [-0.39, 0.29) is 0 Å². The molecule has 3 nitrogen and oxygen atoms in total. The highest BCUT2D eigenvalue weighted by Crippen LogP contribution is 2.24. The van der Waals surface area contributed by atoms with Gasteiger partial charge in [-0.15, -0.1) is 11.3 Å². The molecule has 2 heterocycles. The summed E-state index contributed by atoms with van der Waals surface area (Å²) in [5, 5.41) is 7.14. The molecule has 3 atom stereocenters. The Morgan fingerprint density at radius 2 is 2.35 bits per heavy atom. The third-order valence-corrected chi connectivity index (χ3v) is 5.30. The maximum Gasteiger partial charge on any atom is 0.109 e. The van der Waals surface area contributed by atoms with E-state index in [9.17, 15) is 0 Å². The molecular formula is C16H29N3S. The van der Waals surface area contributed by atoms with Crippen LogP contribution < -0.4 is 5.32 Å². The predicted octanol–water partition coefficient (Wildman–Crippen LogP) is 3.69. The van der Waals surface area contributed by atoms with Crippen molar-refractivity contribution in [3.63, 3.8) is 0 Å². The molecule has 1 aromatic heterocycles. The minimum atomic E-state index is 0.423. The third kappa shape index (κ3) is 4.27. The second-order valence-electron chi connectivity index (χ2n) is 5.99. The zero-order valence-corrected chi connectivity index (χ0v) is 14.0. The first-order valence-electron chi connectivity index (χ1n) is 8.12. The van der Waals surface area contributed by atoms with Gasteiger partial charge in [0.1, 0.15) is 5.01 Å². The van der Waals surface area contributed by atoms with Crippen LogP contribution in [0.15, 0.2) is 11.6 Å². The Bertz CT molecular complexity index is 364. The molecule has 0 amide bonds. The molecule has 1 N–H and O–H groups in total. The minimum absolute atomic E-state index is 0.423. The zero-order valence-electron chi connectivity index (χ0n) is 13.1. The average Bonchev–Trinajstić information content (AvgIpc) is 2.99. The van der Waals surface area contributed by atoms with Crippen molar-refractivity contribution in [3.8, 4) is 0 Å². The van der Waals surface area contributed by atoms with Gasteiger partial charge in [-0.1, -0.05) is 13.8 Å². The molecule has 0 spiro atoms. The molecule has 0 radical (unpaired) electrons. The number of nitrogens with zero attached hydrogens (tertiary/aromatic N) is 2. The number of hydrogen-bond donors (Lipinski definition) is 1. The molecule has 1 aliphatic heterocycles. The van der Waals surface area contributed by atoms with Gasteiger partial charge in [0.2, 0.25) is 0 Å². The second-order valence-corrected chi connectivity index (χ2v) is 6.92. The molecule has 0 saturated carbocycles. The fraction of sp³-hybridized carbons (Fsp3) is 0.812. The maximum absolute atomic E-state index is 4.48. The van der Waals surface area contributed by atoms with Gasteiger partial charge < -0.3 is 10.2 Å². The molecule has 1 saturated heterocycles. The molecule has 1 aliphatic rings. The fourth-order valence-electron chi connectivity index (χ4n) is 3.24. The van der Waals surface area contributed by atoms with E-state index in [4.69, 9.17) is 0 Å². The summed E-state index contributed by atoms with van der Waals surface area (Å²) in [6.07, 6.45) is 7.01. The molecule has 20 heavy (non-hydrogen) atoms. The lowest BCUT2D eigenvalue weighted by Gasteiger charge is -2.37. The Kier molecular flexibility index (Phi) is 6.46. The summed E-state index contributed by atoms with van der Waals surface area (Å²) < 4.78 is 0. The first kappa shape index (κ1) is 15.9. The van der Waals surface area contributed by atoms with E-state index in [0.717, 1.165) is 12.3 Å². The first-order valence-corrected chi connectivity index (χ1v) is 9.00. The number of thiazole rings is 1. The molecule has 1 aromatic rings. The van der Waals surface area contributed by atoms with Crippen LogP contribution in [0.4, 0.5) is 0 Å². The van der Waals surface area contributed by atoms with Crippen molar-refractivity contribution in [2.75, 3.05) is 19.6 Å². The normalized spacial score (nSPS) is 23.6. The highest BCUT2D eigenvalue weighted by atomic mass is 32.1. The fourth-order valence-corrected chi connectivity index (χ4v) is 4.02. The first-order chi connectivity index (χ1) is 9.74. The lowest BCUT2D eigenvalue weighted by atomic mass is 9.91. The van der Waals surface area contributed by atoms with Gasteiger partial charge in [-0.25, -0.2) is 4.98 Å². The summed E-state index contributed by atoms with van der Waals surface area (Å²) >= 11 is 1.77. The second kappa shape index (κ2) is 8.11. The number of rotatable bonds is 7. The molecule has 1 fully saturated rings. The molecule has 2 rings (SSSR count). The van der Waals surface area contributed by atoms with E-state index in [1.807, 2.05) is 6.20 Å². The summed E-state index contributed by atoms with van der Waals surface area (Å²) in [7, 11) is 0. The van der Waals surface area contributed by atoms with Gasteiger partial charge in [0, 0.05) is 24.2 Å². The minimum Gasteiger partial charge on any atom is -0.305 e. The molecule has 0 aliphatic carbocycles. The standard InChI is InChI=1S/C16H29N3S/c1-4-9-19-10-6-7-14(12-19)13(3)18-15(5-2)16-17-8-11-20-16/h8,11,13-15,18H,4-7,9-10,12H2,1-3H3. The Morgan fingerprint density at radius 3 is 3.00 bits per heavy atom. The highest BCUT2D eigenvalue weighted by molar-refractivity contribution is 7.09. The van der Waals surface area contributed by atoms with Gasteiger partial charge in [0.25, 0.3) is 0 Å². The lowest BCUT2D eigenvalue weighted by Crippen LogP contribution is -2.45. The van der Waals surface area contributed by atoms with Crippen molar-refractivity contribution in [1.82, 2.24) is 15.2 Å². The van der Waals surface area contributed by atoms with Gasteiger partial charge in [0.05, 0.1) is 6.04 Å². The monoisotopic (exact) mass is 295 g/mol. The summed E-state index contributed by atoms with van der Waals surface area (Å²) in [6, 6.07) is 0.995. The van der Waals surface area contributed by atoms with Crippen LogP contribution in [0.25, 0.3) is 0 Å². The number of nitrogens with one attached hydrogen (secondary N) is 1. The van der Waals surface area contributed by atoms with E-state index in [1.165, 1.54) is 43.9 Å². The molecule has 0 aromatic carbocycles. The SMILES string of the molecule is CCCN1CCCC(C(C)NC(CC)c2nccs2)C1. The predicted molar refractivity (Wildman–Crippen MR) is 87.2 cm³/mol. The smallest absolute Gasteiger partial charge is 0.109 e. The number of hydrogen-bond acceptors (Lipinski definition) is 4.